The van der Waals surface area contributed by atoms with Crippen molar-refractivity contribution in [2.45, 2.75) is 13.3 Å². The van der Waals surface area contributed by atoms with Crippen molar-refractivity contribution in [2.75, 3.05) is 0 Å². The number of benzene rings is 2. The summed E-state index contributed by atoms with van der Waals surface area (Å²) >= 11 is 5.99. The number of aryl methyl sites for hydroxylation is 2. The van der Waals surface area contributed by atoms with Crippen molar-refractivity contribution in [1.29, 1.82) is 0 Å². The number of carbonyl (C=O) groups is 1. The van der Waals surface area contributed by atoms with Crippen LogP contribution in [0.5, 0.6) is 0 Å². The number of para-hydroxylation sites is 1. The molecule has 0 amide bonds. The minimum Gasteiger partial charge on any atom is -0.294 e. The van der Waals surface area contributed by atoms with Gasteiger partial charge in [-0.2, -0.15) is 5.10 Å². The lowest BCUT2D eigenvalue weighted by molar-refractivity contribution is 0.0991. The van der Waals surface area contributed by atoms with E-state index in [0.717, 1.165) is 22.2 Å². The standard InChI is InChI=1S/C17H15ClN2O/c1-11-7-8-12(18)9-14(11)17(21)10-15-13-5-3-4-6-16(13)20(2)19-15/h3-9H,10H2,1-2H3. The third-order valence-electron chi connectivity index (χ3n) is 3.66. The molecule has 106 valence electrons. The van der Waals surface area contributed by atoms with Crippen LogP contribution in [-0.2, 0) is 13.5 Å². The number of carbonyl (C=O) groups excluding carboxylic acids is 1. The number of aromatic nitrogens is 2. The molecule has 21 heavy (non-hydrogen) atoms. The van der Waals surface area contributed by atoms with Gasteiger partial charge in [0, 0.05) is 23.0 Å². The highest BCUT2D eigenvalue weighted by Gasteiger charge is 2.15. The Morgan fingerprint density at radius 1 is 1.24 bits per heavy atom. The normalized spacial score (nSPS) is 11.0. The maximum atomic E-state index is 12.5. The molecule has 0 atom stereocenters. The Labute approximate surface area is 128 Å². The highest BCUT2D eigenvalue weighted by Crippen LogP contribution is 2.21. The molecule has 1 aromatic heterocycles. The summed E-state index contributed by atoms with van der Waals surface area (Å²) in [4.78, 5) is 12.5. The van der Waals surface area contributed by atoms with Crippen molar-refractivity contribution in [3.05, 3.63) is 64.3 Å². The Morgan fingerprint density at radius 3 is 2.81 bits per heavy atom. The van der Waals surface area contributed by atoms with Crippen molar-refractivity contribution in [2.24, 2.45) is 7.05 Å². The Bertz CT molecular complexity index is 836. The van der Waals surface area contributed by atoms with Crippen LogP contribution in [0.25, 0.3) is 10.9 Å². The predicted molar refractivity (Wildman–Crippen MR) is 84.9 cm³/mol. The van der Waals surface area contributed by atoms with Crippen LogP contribution in [0.1, 0.15) is 21.6 Å². The number of hydrogen-bond acceptors (Lipinski definition) is 2. The van der Waals surface area contributed by atoms with Gasteiger partial charge < -0.3 is 0 Å². The maximum absolute atomic E-state index is 12.5. The quantitative estimate of drug-likeness (QED) is 0.686. The minimum atomic E-state index is 0.0406. The fourth-order valence-corrected chi connectivity index (χ4v) is 2.73. The van der Waals surface area contributed by atoms with Gasteiger partial charge in [0.25, 0.3) is 0 Å². The molecule has 2 aromatic carbocycles. The van der Waals surface area contributed by atoms with Gasteiger partial charge in [0.15, 0.2) is 5.78 Å². The average molecular weight is 299 g/mol. The molecule has 1 heterocycles. The second-order valence-electron chi connectivity index (χ2n) is 5.15. The van der Waals surface area contributed by atoms with E-state index < -0.39 is 0 Å². The van der Waals surface area contributed by atoms with E-state index in [1.54, 1.807) is 12.1 Å². The van der Waals surface area contributed by atoms with Crippen molar-refractivity contribution in [3.63, 3.8) is 0 Å². The number of Topliss-reactive ketones (excluding diaryl/α,β-unsaturated/α-hetero) is 1. The van der Waals surface area contributed by atoms with E-state index >= 15 is 0 Å². The SMILES string of the molecule is Cc1ccc(Cl)cc1C(=O)Cc1nn(C)c2ccccc12. The second-order valence-corrected chi connectivity index (χ2v) is 5.58. The Hall–Kier alpha value is -2.13. The van der Waals surface area contributed by atoms with Crippen LogP contribution in [0, 0.1) is 6.92 Å². The van der Waals surface area contributed by atoms with E-state index in [-0.39, 0.29) is 12.2 Å². The molecule has 0 bridgehead atoms. The summed E-state index contributed by atoms with van der Waals surface area (Å²) in [5.41, 5.74) is 3.43. The molecule has 0 saturated heterocycles. The van der Waals surface area contributed by atoms with Crippen molar-refractivity contribution < 1.29 is 4.79 Å². The van der Waals surface area contributed by atoms with E-state index in [2.05, 4.69) is 5.10 Å². The molecule has 0 N–H and O–H groups in total. The molecule has 0 fully saturated rings. The van der Waals surface area contributed by atoms with Gasteiger partial charge in [-0.05, 0) is 30.7 Å². The first-order valence-electron chi connectivity index (χ1n) is 6.76. The molecule has 0 saturated carbocycles. The first-order valence-corrected chi connectivity index (χ1v) is 7.14. The predicted octanol–water partition coefficient (Wildman–Crippen LogP) is 3.96. The largest absolute Gasteiger partial charge is 0.294 e. The molecular weight excluding hydrogens is 284 g/mol. The van der Waals surface area contributed by atoms with Gasteiger partial charge in [0.1, 0.15) is 0 Å². The molecule has 0 spiro atoms. The maximum Gasteiger partial charge on any atom is 0.169 e. The smallest absolute Gasteiger partial charge is 0.169 e. The van der Waals surface area contributed by atoms with Crippen LogP contribution in [0.15, 0.2) is 42.5 Å². The molecule has 0 aliphatic rings. The number of rotatable bonds is 3. The summed E-state index contributed by atoms with van der Waals surface area (Å²) in [5.74, 6) is 0.0406. The summed E-state index contributed by atoms with van der Waals surface area (Å²) < 4.78 is 1.81. The fraction of sp³-hybridized carbons (Fsp3) is 0.176. The number of hydrogen-bond donors (Lipinski definition) is 0. The van der Waals surface area contributed by atoms with Gasteiger partial charge in [0.2, 0.25) is 0 Å². The molecule has 3 aromatic rings. The molecule has 0 radical (unpaired) electrons. The summed E-state index contributed by atoms with van der Waals surface area (Å²) in [6.07, 6.45) is 0.280. The molecule has 0 aliphatic carbocycles. The second kappa shape index (κ2) is 5.34. The number of halogens is 1. The molecule has 0 aliphatic heterocycles. The van der Waals surface area contributed by atoms with E-state index in [9.17, 15) is 4.79 Å². The van der Waals surface area contributed by atoms with Crippen LogP contribution < -0.4 is 0 Å². The molecule has 3 rings (SSSR count). The lowest BCUT2D eigenvalue weighted by Crippen LogP contribution is -2.07. The Morgan fingerprint density at radius 2 is 2.00 bits per heavy atom. The topological polar surface area (TPSA) is 34.9 Å². The van der Waals surface area contributed by atoms with Gasteiger partial charge in [-0.15, -0.1) is 0 Å². The van der Waals surface area contributed by atoms with Crippen molar-refractivity contribution in [3.8, 4) is 0 Å². The molecule has 3 nitrogen and oxygen atoms in total. The van der Waals surface area contributed by atoms with Crippen LogP contribution in [0.4, 0.5) is 0 Å². The summed E-state index contributed by atoms with van der Waals surface area (Å²) in [7, 11) is 1.89. The highest BCUT2D eigenvalue weighted by molar-refractivity contribution is 6.31. The Balaban J connectivity index is 1.99. The lowest BCUT2D eigenvalue weighted by atomic mass is 10.0. The highest BCUT2D eigenvalue weighted by atomic mass is 35.5. The van der Waals surface area contributed by atoms with Crippen LogP contribution in [0.2, 0.25) is 5.02 Å². The Kier molecular flexibility index (Phi) is 3.52. The monoisotopic (exact) mass is 298 g/mol. The third-order valence-corrected chi connectivity index (χ3v) is 3.90. The van der Waals surface area contributed by atoms with Crippen LogP contribution in [0.3, 0.4) is 0 Å². The van der Waals surface area contributed by atoms with E-state index in [1.807, 2.05) is 49.0 Å². The fourth-order valence-electron chi connectivity index (χ4n) is 2.56. The zero-order valence-corrected chi connectivity index (χ0v) is 12.7. The molecular formula is C17H15ClN2O. The average Bonchev–Trinajstić information content (AvgIpc) is 2.78. The number of ketones is 1. The number of fused-ring (bicyclic) bond motifs is 1. The zero-order chi connectivity index (χ0) is 15.0. The first kappa shape index (κ1) is 13.8. The third kappa shape index (κ3) is 2.57. The van der Waals surface area contributed by atoms with Crippen LogP contribution >= 0.6 is 11.6 Å². The summed E-state index contributed by atoms with van der Waals surface area (Å²) in [6, 6.07) is 13.3. The van der Waals surface area contributed by atoms with Crippen molar-refractivity contribution in [1.82, 2.24) is 9.78 Å². The van der Waals surface area contributed by atoms with Gasteiger partial charge in [-0.25, -0.2) is 0 Å². The van der Waals surface area contributed by atoms with Gasteiger partial charge in [0.05, 0.1) is 17.6 Å². The van der Waals surface area contributed by atoms with E-state index in [0.29, 0.717) is 10.6 Å². The summed E-state index contributed by atoms with van der Waals surface area (Å²) in [6.45, 7) is 1.92. The van der Waals surface area contributed by atoms with Gasteiger partial charge >= 0.3 is 0 Å². The van der Waals surface area contributed by atoms with Crippen LogP contribution in [-0.4, -0.2) is 15.6 Å². The lowest BCUT2D eigenvalue weighted by Gasteiger charge is -2.04. The zero-order valence-electron chi connectivity index (χ0n) is 11.9. The molecule has 4 heteroatoms. The van der Waals surface area contributed by atoms with Gasteiger partial charge in [-0.1, -0.05) is 35.9 Å². The van der Waals surface area contributed by atoms with Gasteiger partial charge in [-0.3, -0.25) is 9.48 Å². The van der Waals surface area contributed by atoms with E-state index in [1.165, 1.54) is 0 Å². The summed E-state index contributed by atoms with van der Waals surface area (Å²) in [5, 5.41) is 6.07. The number of nitrogens with zero attached hydrogens (tertiary/aromatic N) is 2. The van der Waals surface area contributed by atoms with Crippen molar-refractivity contribution >= 4 is 28.3 Å². The minimum absolute atomic E-state index is 0.0406. The molecule has 0 unspecified atom stereocenters. The first-order chi connectivity index (χ1) is 10.1. The van der Waals surface area contributed by atoms with E-state index in [4.69, 9.17) is 11.6 Å².